The second-order valence-corrected chi connectivity index (χ2v) is 3.09. The normalized spacial score (nSPS) is 10.2. The minimum Gasteiger partial charge on any atom is -0.318 e. The largest absolute Gasteiger partial charge is 0.318 e. The predicted molar refractivity (Wildman–Crippen MR) is 50.4 cm³/mol. The summed E-state index contributed by atoms with van der Waals surface area (Å²) in [4.78, 5) is 4.11. The molecule has 0 bridgehead atoms. The summed E-state index contributed by atoms with van der Waals surface area (Å²) in [6.45, 7) is 0. The van der Waals surface area contributed by atoms with Crippen LogP contribution in [0.3, 0.4) is 0 Å². The van der Waals surface area contributed by atoms with Crippen molar-refractivity contribution in [3.05, 3.63) is 29.0 Å². The van der Waals surface area contributed by atoms with Gasteiger partial charge in [0.1, 0.15) is 0 Å². The molecule has 0 fully saturated rings. The maximum Gasteiger partial charge on any atom is 0.203 e. The van der Waals surface area contributed by atoms with Crippen LogP contribution in [0.1, 0.15) is 5.56 Å². The average Bonchev–Trinajstić information content (AvgIpc) is 2.43. The molecule has 0 aliphatic heterocycles. The zero-order valence-corrected chi connectivity index (χ0v) is 7.71. The van der Waals surface area contributed by atoms with Crippen molar-refractivity contribution in [1.82, 2.24) is 9.55 Å². The number of halogens is 1. The van der Waals surface area contributed by atoms with Crippen LogP contribution in [-0.2, 0) is 7.05 Å². The van der Waals surface area contributed by atoms with Crippen molar-refractivity contribution in [3.63, 3.8) is 0 Å². The molecule has 0 amide bonds. The van der Waals surface area contributed by atoms with Gasteiger partial charge in [-0.25, -0.2) is 4.98 Å². The van der Waals surface area contributed by atoms with Crippen LogP contribution in [0.25, 0.3) is 11.0 Å². The molecule has 0 radical (unpaired) electrons. The fraction of sp³-hybridized carbons (Fsp3) is 0.111. The van der Waals surface area contributed by atoms with E-state index < -0.39 is 0 Å². The first kappa shape index (κ1) is 8.09. The summed E-state index contributed by atoms with van der Waals surface area (Å²) in [7, 11) is 1.82. The van der Waals surface area contributed by atoms with Gasteiger partial charge in [0.15, 0.2) is 0 Å². The standard InChI is InChI=1S/C9H6ClN3/c1-13-8-4-6(5-11)2-3-7(8)12-9(13)10/h2-4H,1H3. The summed E-state index contributed by atoms with van der Waals surface area (Å²) in [5.41, 5.74) is 2.31. The number of imidazole rings is 1. The molecule has 0 saturated carbocycles. The second-order valence-electron chi connectivity index (χ2n) is 2.76. The van der Waals surface area contributed by atoms with Gasteiger partial charge in [0.05, 0.1) is 22.7 Å². The summed E-state index contributed by atoms with van der Waals surface area (Å²) < 4.78 is 1.75. The van der Waals surface area contributed by atoms with E-state index in [9.17, 15) is 0 Å². The van der Waals surface area contributed by atoms with Crippen molar-refractivity contribution < 1.29 is 0 Å². The summed E-state index contributed by atoms with van der Waals surface area (Å²) in [5, 5.41) is 9.12. The molecular weight excluding hydrogens is 186 g/mol. The predicted octanol–water partition coefficient (Wildman–Crippen LogP) is 2.10. The Hall–Kier alpha value is -1.53. The highest BCUT2D eigenvalue weighted by Gasteiger charge is 2.05. The van der Waals surface area contributed by atoms with Gasteiger partial charge in [-0.1, -0.05) is 0 Å². The van der Waals surface area contributed by atoms with E-state index in [1.165, 1.54) is 0 Å². The van der Waals surface area contributed by atoms with Gasteiger partial charge in [-0.05, 0) is 29.8 Å². The maximum absolute atomic E-state index is 8.68. The Labute approximate surface area is 80.2 Å². The molecule has 0 N–H and O–H groups in total. The van der Waals surface area contributed by atoms with Crippen molar-refractivity contribution in [2.75, 3.05) is 0 Å². The van der Waals surface area contributed by atoms with E-state index in [1.54, 1.807) is 22.8 Å². The number of nitrogens with zero attached hydrogens (tertiary/aromatic N) is 3. The van der Waals surface area contributed by atoms with Crippen LogP contribution in [0.2, 0.25) is 5.28 Å². The lowest BCUT2D eigenvalue weighted by molar-refractivity contribution is 0.948. The summed E-state index contributed by atoms with van der Waals surface area (Å²) >= 11 is 5.82. The van der Waals surface area contributed by atoms with Gasteiger partial charge in [0.2, 0.25) is 5.28 Å². The van der Waals surface area contributed by atoms with Gasteiger partial charge in [-0.15, -0.1) is 0 Å². The van der Waals surface area contributed by atoms with E-state index in [-0.39, 0.29) is 0 Å². The van der Waals surface area contributed by atoms with E-state index >= 15 is 0 Å². The Morgan fingerprint density at radius 2 is 2.31 bits per heavy atom. The van der Waals surface area contributed by atoms with Crippen LogP contribution in [0.4, 0.5) is 0 Å². The molecule has 64 valence electrons. The van der Waals surface area contributed by atoms with Gasteiger partial charge in [0, 0.05) is 7.05 Å². The molecule has 0 aliphatic rings. The Bertz CT molecular complexity index is 507. The molecule has 0 aliphatic carbocycles. The monoisotopic (exact) mass is 191 g/mol. The molecule has 13 heavy (non-hydrogen) atoms. The second kappa shape index (κ2) is 2.75. The van der Waals surface area contributed by atoms with E-state index in [0.717, 1.165) is 11.0 Å². The number of hydrogen-bond donors (Lipinski definition) is 0. The first-order valence-corrected chi connectivity index (χ1v) is 4.12. The van der Waals surface area contributed by atoms with Crippen LogP contribution >= 0.6 is 11.6 Å². The summed E-state index contributed by atoms with van der Waals surface area (Å²) in [6.07, 6.45) is 0. The van der Waals surface area contributed by atoms with Gasteiger partial charge in [-0.2, -0.15) is 5.26 Å². The Kier molecular flexibility index (Phi) is 1.71. The third-order valence-corrected chi connectivity index (χ3v) is 2.29. The molecule has 1 heterocycles. The fourth-order valence-corrected chi connectivity index (χ4v) is 1.41. The minimum atomic E-state index is 0.435. The molecular formula is C9H6ClN3. The number of benzene rings is 1. The zero-order valence-electron chi connectivity index (χ0n) is 6.95. The van der Waals surface area contributed by atoms with Gasteiger partial charge >= 0.3 is 0 Å². The Morgan fingerprint density at radius 3 is 3.00 bits per heavy atom. The van der Waals surface area contributed by atoms with Crippen molar-refractivity contribution in [2.24, 2.45) is 7.05 Å². The fourth-order valence-electron chi connectivity index (χ4n) is 1.23. The maximum atomic E-state index is 8.68. The van der Waals surface area contributed by atoms with Gasteiger partial charge in [-0.3, -0.25) is 0 Å². The average molecular weight is 192 g/mol. The first-order valence-electron chi connectivity index (χ1n) is 3.74. The number of aryl methyl sites for hydroxylation is 1. The number of hydrogen-bond acceptors (Lipinski definition) is 2. The molecule has 4 heteroatoms. The van der Waals surface area contributed by atoms with E-state index in [0.29, 0.717) is 10.8 Å². The summed E-state index contributed by atoms with van der Waals surface area (Å²) in [6, 6.07) is 7.36. The number of nitriles is 1. The summed E-state index contributed by atoms with van der Waals surface area (Å²) in [5.74, 6) is 0. The highest BCUT2D eigenvalue weighted by molar-refractivity contribution is 6.29. The van der Waals surface area contributed by atoms with Crippen LogP contribution in [0.15, 0.2) is 18.2 Å². The van der Waals surface area contributed by atoms with Crippen LogP contribution in [-0.4, -0.2) is 9.55 Å². The highest BCUT2D eigenvalue weighted by atomic mass is 35.5. The third kappa shape index (κ3) is 1.16. The molecule has 2 rings (SSSR count). The van der Waals surface area contributed by atoms with Gasteiger partial charge < -0.3 is 4.57 Å². The lowest BCUT2D eigenvalue weighted by atomic mass is 10.2. The van der Waals surface area contributed by atoms with Gasteiger partial charge in [0.25, 0.3) is 0 Å². The molecule has 0 spiro atoms. The van der Waals surface area contributed by atoms with Crippen LogP contribution in [0.5, 0.6) is 0 Å². The quantitative estimate of drug-likeness (QED) is 0.640. The van der Waals surface area contributed by atoms with Crippen molar-refractivity contribution >= 4 is 22.6 Å². The third-order valence-electron chi connectivity index (χ3n) is 1.96. The molecule has 0 saturated heterocycles. The molecule has 2 aromatic rings. The lowest BCUT2D eigenvalue weighted by Gasteiger charge is -1.94. The minimum absolute atomic E-state index is 0.435. The van der Waals surface area contributed by atoms with E-state index in [4.69, 9.17) is 16.9 Å². The van der Waals surface area contributed by atoms with Crippen LogP contribution in [0, 0.1) is 11.3 Å². The lowest BCUT2D eigenvalue weighted by Crippen LogP contribution is -1.86. The van der Waals surface area contributed by atoms with Crippen molar-refractivity contribution in [2.45, 2.75) is 0 Å². The van der Waals surface area contributed by atoms with Crippen molar-refractivity contribution in [1.29, 1.82) is 5.26 Å². The Balaban J connectivity index is 2.84. The van der Waals surface area contributed by atoms with E-state index in [1.807, 2.05) is 7.05 Å². The van der Waals surface area contributed by atoms with Crippen LogP contribution < -0.4 is 0 Å². The zero-order chi connectivity index (χ0) is 9.42. The first-order chi connectivity index (χ1) is 6.22. The molecule has 1 aromatic carbocycles. The molecule has 3 nitrogen and oxygen atoms in total. The molecule has 1 aromatic heterocycles. The Morgan fingerprint density at radius 1 is 1.54 bits per heavy atom. The number of aromatic nitrogens is 2. The topological polar surface area (TPSA) is 41.6 Å². The smallest absolute Gasteiger partial charge is 0.203 e. The van der Waals surface area contributed by atoms with Crippen molar-refractivity contribution in [3.8, 4) is 6.07 Å². The SMILES string of the molecule is Cn1c(Cl)nc2ccc(C#N)cc21. The molecule has 0 atom stereocenters. The highest BCUT2D eigenvalue weighted by Crippen LogP contribution is 2.18. The van der Waals surface area contributed by atoms with E-state index in [2.05, 4.69) is 11.1 Å². The number of fused-ring (bicyclic) bond motifs is 1. The molecule has 0 unspecified atom stereocenters. The number of rotatable bonds is 0.